The molecule has 398 valence electrons. The van der Waals surface area contributed by atoms with Gasteiger partial charge in [-0.15, -0.1) is 0 Å². The molecule has 0 amide bonds. The molecule has 17 rings (SSSR count). The lowest BCUT2D eigenvalue weighted by atomic mass is 9.33. The van der Waals surface area contributed by atoms with E-state index in [-0.39, 0.29) is 6.71 Å². The second-order valence-corrected chi connectivity index (χ2v) is 22.5. The van der Waals surface area contributed by atoms with Gasteiger partial charge in [-0.1, -0.05) is 213 Å². The van der Waals surface area contributed by atoms with Gasteiger partial charge in [0.1, 0.15) is 0 Å². The highest BCUT2D eigenvalue weighted by Gasteiger charge is 2.44. The zero-order chi connectivity index (χ0) is 56.3. The second kappa shape index (κ2) is 19.3. The van der Waals surface area contributed by atoms with Crippen molar-refractivity contribution in [3.8, 4) is 28.2 Å². The summed E-state index contributed by atoms with van der Waals surface area (Å²) in [5, 5.41) is 7.23. The predicted molar refractivity (Wildman–Crippen MR) is 362 cm³/mol. The lowest BCUT2D eigenvalue weighted by Gasteiger charge is -2.44. The van der Waals surface area contributed by atoms with E-state index in [1.54, 1.807) is 0 Å². The van der Waals surface area contributed by atoms with Gasteiger partial charge in [-0.3, -0.25) is 0 Å². The summed E-state index contributed by atoms with van der Waals surface area (Å²) in [6.45, 7) is 6.06. The van der Waals surface area contributed by atoms with Crippen molar-refractivity contribution < 1.29 is 0 Å². The van der Waals surface area contributed by atoms with Crippen LogP contribution in [0.1, 0.15) is 12.5 Å². The molecule has 0 atom stereocenters. The van der Waals surface area contributed by atoms with Crippen molar-refractivity contribution in [3.05, 3.63) is 309 Å². The molecule has 3 aromatic heterocycles. The Balaban J connectivity index is 1.08. The van der Waals surface area contributed by atoms with E-state index >= 15 is 0 Å². The molecule has 5 nitrogen and oxygen atoms in total. The number of fused-ring (bicyclic) bond motifs is 16. The molecule has 12 aromatic carbocycles. The summed E-state index contributed by atoms with van der Waals surface area (Å²) >= 11 is 0. The molecule has 6 heteroatoms. The fourth-order valence-electron chi connectivity index (χ4n) is 14.4. The number of anilines is 6. The SMILES string of the molecule is C=C/C=C\C=C(/C)c1cccc(N2c3cc(-c4ccccc4)ccc3B3c4ccccc4N(c4ccccc4)c4cc(-n5c6ccccc6c6c7c(c8ccccc8n7-c7ccccc7)c7c(c8ccccc8n7-c7ccccc7)c65)cc2c43)c1. The summed E-state index contributed by atoms with van der Waals surface area (Å²) in [6, 6.07) is 101. The van der Waals surface area contributed by atoms with Crippen LogP contribution in [0.2, 0.25) is 0 Å². The van der Waals surface area contributed by atoms with Crippen LogP contribution in [0.25, 0.3) is 99.2 Å². The summed E-state index contributed by atoms with van der Waals surface area (Å²) in [5.74, 6) is 0. The number of benzene rings is 12. The fourth-order valence-corrected chi connectivity index (χ4v) is 14.4. The monoisotopic (exact) mass is 1080 g/mol. The van der Waals surface area contributed by atoms with E-state index in [1.165, 1.54) is 76.6 Å². The van der Waals surface area contributed by atoms with Crippen LogP contribution in [-0.2, 0) is 0 Å². The molecule has 0 saturated heterocycles. The molecule has 85 heavy (non-hydrogen) atoms. The van der Waals surface area contributed by atoms with Gasteiger partial charge in [0.2, 0.25) is 0 Å². The molecular formula is C79H54BN5. The first-order chi connectivity index (χ1) is 42.1. The molecule has 0 radical (unpaired) electrons. The summed E-state index contributed by atoms with van der Waals surface area (Å²) in [5.41, 5.74) is 25.5. The Bertz CT molecular complexity index is 5210. The number of para-hydroxylation sites is 7. The molecule has 0 spiro atoms. The smallest absolute Gasteiger partial charge is 0.252 e. The summed E-state index contributed by atoms with van der Waals surface area (Å²) in [7, 11) is 0. The van der Waals surface area contributed by atoms with E-state index in [0.717, 1.165) is 78.7 Å². The van der Waals surface area contributed by atoms with Crippen LogP contribution in [0.3, 0.4) is 0 Å². The largest absolute Gasteiger partial charge is 0.311 e. The molecule has 0 aliphatic carbocycles. The number of nitrogens with zero attached hydrogens (tertiary/aromatic N) is 5. The van der Waals surface area contributed by atoms with Crippen molar-refractivity contribution in [1.82, 2.24) is 13.7 Å². The van der Waals surface area contributed by atoms with Crippen LogP contribution in [-0.4, -0.2) is 20.4 Å². The molecule has 0 unspecified atom stereocenters. The minimum Gasteiger partial charge on any atom is -0.311 e. The second-order valence-electron chi connectivity index (χ2n) is 22.5. The van der Waals surface area contributed by atoms with Gasteiger partial charge in [0.25, 0.3) is 6.71 Å². The van der Waals surface area contributed by atoms with E-state index in [4.69, 9.17) is 0 Å². The average molecular weight is 1080 g/mol. The lowest BCUT2D eigenvalue weighted by Crippen LogP contribution is -2.61. The van der Waals surface area contributed by atoms with Gasteiger partial charge in [-0.2, -0.15) is 0 Å². The van der Waals surface area contributed by atoms with Crippen LogP contribution >= 0.6 is 0 Å². The number of aromatic nitrogens is 3. The zero-order valence-electron chi connectivity index (χ0n) is 46.8. The highest BCUT2D eigenvalue weighted by molar-refractivity contribution is 7.00. The van der Waals surface area contributed by atoms with Crippen molar-refractivity contribution in [2.45, 2.75) is 6.92 Å². The van der Waals surface area contributed by atoms with Crippen LogP contribution in [0.5, 0.6) is 0 Å². The Hall–Kier alpha value is -11.1. The molecule has 0 bridgehead atoms. The first kappa shape index (κ1) is 48.6. The molecule has 0 saturated carbocycles. The third kappa shape index (κ3) is 7.25. The van der Waals surface area contributed by atoms with Crippen LogP contribution in [0.15, 0.2) is 304 Å². The fraction of sp³-hybridized carbons (Fsp3) is 0.0127. The van der Waals surface area contributed by atoms with Gasteiger partial charge in [0.05, 0.1) is 38.8 Å². The van der Waals surface area contributed by atoms with Crippen LogP contribution < -0.4 is 26.2 Å². The molecule has 0 N–H and O–H groups in total. The summed E-state index contributed by atoms with van der Waals surface area (Å²) in [6.07, 6.45) is 8.07. The standard InChI is InChI=1S/C79H54BN5/c1-3-4-9-27-52(2)54-30-26-37-59(48-54)82-70-49-55(53-28-10-5-11-29-53)46-47-65(70)80-64-41-21-25-45-69(64)81(56-31-12-6-13-32-56)71-50-60(51-72(82)76(71)80)85-68-44-24-20-40-63(68)75-78-73(61-38-18-22-42-66(61)83(78)57-33-14-7-15-34-57)77-74(79(75)85)62-39-19-23-43-67(62)84(77)58-35-16-8-17-36-58/h3-51H,1H2,2H3/b9-4-,52-27+. The zero-order valence-corrected chi connectivity index (χ0v) is 46.8. The van der Waals surface area contributed by atoms with Gasteiger partial charge in [-0.25, -0.2) is 0 Å². The molecule has 15 aromatic rings. The maximum Gasteiger partial charge on any atom is 0.252 e. The average Bonchev–Trinajstić information content (AvgIpc) is 1.66. The molecule has 2 aliphatic rings. The van der Waals surface area contributed by atoms with Crippen molar-refractivity contribution in [2.24, 2.45) is 0 Å². The van der Waals surface area contributed by atoms with Gasteiger partial charge < -0.3 is 23.5 Å². The predicted octanol–water partition coefficient (Wildman–Crippen LogP) is 18.9. The van der Waals surface area contributed by atoms with E-state index in [1.807, 2.05) is 12.2 Å². The Morgan fingerprint density at radius 2 is 0.812 bits per heavy atom. The normalized spacial score (nSPS) is 13.0. The summed E-state index contributed by atoms with van der Waals surface area (Å²) < 4.78 is 7.69. The van der Waals surface area contributed by atoms with Crippen molar-refractivity contribution in [3.63, 3.8) is 0 Å². The minimum absolute atomic E-state index is 0.0879. The summed E-state index contributed by atoms with van der Waals surface area (Å²) in [4.78, 5) is 5.10. The lowest BCUT2D eigenvalue weighted by molar-refractivity contribution is 1.16. The topological polar surface area (TPSA) is 21.3 Å². The highest BCUT2D eigenvalue weighted by atomic mass is 15.2. The van der Waals surface area contributed by atoms with Crippen LogP contribution in [0.4, 0.5) is 34.1 Å². The van der Waals surface area contributed by atoms with Gasteiger partial charge in [0, 0.05) is 77.8 Å². The van der Waals surface area contributed by atoms with E-state index < -0.39 is 0 Å². The van der Waals surface area contributed by atoms with E-state index in [2.05, 4.69) is 322 Å². The molecule has 5 heterocycles. The number of hydrogen-bond acceptors (Lipinski definition) is 2. The molecule has 0 fully saturated rings. The quantitative estimate of drug-likeness (QED) is 0.106. The highest BCUT2D eigenvalue weighted by Crippen LogP contribution is 2.52. The number of hydrogen-bond donors (Lipinski definition) is 0. The van der Waals surface area contributed by atoms with Crippen molar-refractivity contribution >= 4 is 128 Å². The van der Waals surface area contributed by atoms with E-state index in [0.29, 0.717) is 0 Å². The van der Waals surface area contributed by atoms with Gasteiger partial charge >= 0.3 is 0 Å². The minimum atomic E-state index is -0.0879. The van der Waals surface area contributed by atoms with Gasteiger partial charge in [-0.05, 0) is 137 Å². The Morgan fingerprint density at radius 1 is 0.353 bits per heavy atom. The van der Waals surface area contributed by atoms with Gasteiger partial charge in [0.15, 0.2) is 0 Å². The number of allylic oxidation sites excluding steroid dienone is 5. The van der Waals surface area contributed by atoms with E-state index in [9.17, 15) is 0 Å². The first-order valence-electron chi connectivity index (χ1n) is 29.3. The Labute approximate surface area is 493 Å². The Morgan fingerprint density at radius 3 is 1.38 bits per heavy atom. The maximum atomic E-state index is 3.95. The number of rotatable bonds is 9. The van der Waals surface area contributed by atoms with Crippen molar-refractivity contribution in [2.75, 3.05) is 9.80 Å². The van der Waals surface area contributed by atoms with Crippen molar-refractivity contribution in [1.29, 1.82) is 0 Å². The third-order valence-corrected chi connectivity index (χ3v) is 17.9. The third-order valence-electron chi connectivity index (χ3n) is 17.9. The Kier molecular flexibility index (Phi) is 11.0. The molecule has 2 aliphatic heterocycles. The molecular weight excluding hydrogens is 1030 g/mol. The maximum absolute atomic E-state index is 3.95. The van der Waals surface area contributed by atoms with Crippen LogP contribution in [0, 0.1) is 0 Å². The first-order valence-corrected chi connectivity index (χ1v) is 29.3.